The van der Waals surface area contributed by atoms with E-state index >= 15 is 0 Å². The number of hydrogen-bond acceptors (Lipinski definition) is 1. The van der Waals surface area contributed by atoms with Crippen LogP contribution in [0, 0.1) is 0 Å². The standard InChI is InChI=1S/C18H30BrN/c1-2-3-4-5-6-7-8-9-10-11-12-15-18-17(19)14-13-16-20-18/h13-14,16H,2-12,15H2,1H3. The summed E-state index contributed by atoms with van der Waals surface area (Å²) in [5, 5.41) is 0. The van der Waals surface area contributed by atoms with Crippen LogP contribution in [-0.4, -0.2) is 4.98 Å². The number of rotatable bonds is 12. The number of nitrogens with zero attached hydrogens (tertiary/aromatic N) is 1. The van der Waals surface area contributed by atoms with Crippen LogP contribution in [0.2, 0.25) is 0 Å². The smallest absolute Gasteiger partial charge is 0.0545 e. The highest BCUT2D eigenvalue weighted by Crippen LogP contribution is 2.17. The summed E-state index contributed by atoms with van der Waals surface area (Å²) in [6.07, 6.45) is 18.4. The van der Waals surface area contributed by atoms with Crippen molar-refractivity contribution >= 4 is 15.9 Å². The Morgan fingerprint density at radius 1 is 0.850 bits per heavy atom. The molecule has 0 aliphatic carbocycles. The van der Waals surface area contributed by atoms with Crippen LogP contribution < -0.4 is 0 Å². The van der Waals surface area contributed by atoms with Gasteiger partial charge < -0.3 is 0 Å². The Kier molecular flexibility index (Phi) is 10.9. The minimum absolute atomic E-state index is 1.11. The summed E-state index contributed by atoms with van der Waals surface area (Å²) < 4.78 is 1.16. The fraction of sp³-hybridized carbons (Fsp3) is 0.722. The monoisotopic (exact) mass is 339 g/mol. The summed E-state index contributed by atoms with van der Waals surface area (Å²) >= 11 is 3.56. The summed E-state index contributed by atoms with van der Waals surface area (Å²) in [6.45, 7) is 2.28. The largest absolute Gasteiger partial charge is 0.260 e. The summed E-state index contributed by atoms with van der Waals surface area (Å²) in [6, 6.07) is 4.06. The molecule has 0 unspecified atom stereocenters. The molecule has 2 heteroatoms. The fourth-order valence-electron chi connectivity index (χ4n) is 2.56. The molecule has 1 heterocycles. The van der Waals surface area contributed by atoms with Crippen molar-refractivity contribution in [2.45, 2.75) is 84.0 Å². The maximum Gasteiger partial charge on any atom is 0.0545 e. The Morgan fingerprint density at radius 2 is 1.40 bits per heavy atom. The molecule has 0 fully saturated rings. The van der Waals surface area contributed by atoms with Crippen molar-refractivity contribution in [1.29, 1.82) is 0 Å². The summed E-state index contributed by atoms with van der Waals surface area (Å²) in [4.78, 5) is 4.41. The maximum atomic E-state index is 4.41. The molecular formula is C18H30BrN. The van der Waals surface area contributed by atoms with E-state index in [9.17, 15) is 0 Å². The highest BCUT2D eigenvalue weighted by atomic mass is 79.9. The van der Waals surface area contributed by atoms with Crippen molar-refractivity contribution < 1.29 is 0 Å². The van der Waals surface area contributed by atoms with Gasteiger partial charge in [0.05, 0.1) is 5.69 Å². The molecule has 0 atom stereocenters. The molecular weight excluding hydrogens is 310 g/mol. The van der Waals surface area contributed by atoms with Gasteiger partial charge in [0, 0.05) is 10.7 Å². The van der Waals surface area contributed by atoms with Gasteiger partial charge in [0.25, 0.3) is 0 Å². The molecule has 20 heavy (non-hydrogen) atoms. The highest BCUT2D eigenvalue weighted by Gasteiger charge is 1.99. The molecule has 0 saturated carbocycles. The number of pyridine rings is 1. The molecule has 0 aromatic carbocycles. The topological polar surface area (TPSA) is 12.9 Å². The van der Waals surface area contributed by atoms with Crippen LogP contribution in [0.1, 0.15) is 83.2 Å². The Labute approximate surface area is 133 Å². The lowest BCUT2D eigenvalue weighted by atomic mass is 10.0. The molecule has 0 aliphatic rings. The number of halogens is 1. The first-order valence-electron chi connectivity index (χ1n) is 8.44. The Balaban J connectivity index is 1.87. The molecule has 1 aromatic rings. The first kappa shape index (κ1) is 17.7. The van der Waals surface area contributed by atoms with E-state index in [1.54, 1.807) is 0 Å². The van der Waals surface area contributed by atoms with Gasteiger partial charge in [0.2, 0.25) is 0 Å². The highest BCUT2D eigenvalue weighted by molar-refractivity contribution is 9.10. The van der Waals surface area contributed by atoms with Crippen LogP contribution in [0.3, 0.4) is 0 Å². The molecule has 1 nitrogen and oxygen atoms in total. The molecule has 114 valence electrons. The van der Waals surface area contributed by atoms with Crippen molar-refractivity contribution in [3.8, 4) is 0 Å². The lowest BCUT2D eigenvalue weighted by Crippen LogP contribution is -1.91. The number of aryl methyl sites for hydroxylation is 1. The van der Waals surface area contributed by atoms with Crippen LogP contribution in [0.15, 0.2) is 22.8 Å². The third kappa shape index (κ3) is 8.73. The minimum Gasteiger partial charge on any atom is -0.260 e. The lowest BCUT2D eigenvalue weighted by molar-refractivity contribution is 0.548. The Bertz CT molecular complexity index is 338. The average molecular weight is 340 g/mol. The van der Waals surface area contributed by atoms with Gasteiger partial charge in [-0.2, -0.15) is 0 Å². The zero-order valence-electron chi connectivity index (χ0n) is 13.0. The van der Waals surface area contributed by atoms with Gasteiger partial charge in [-0.3, -0.25) is 4.98 Å². The van der Waals surface area contributed by atoms with Gasteiger partial charge in [0.15, 0.2) is 0 Å². The first-order chi connectivity index (χ1) is 9.84. The van der Waals surface area contributed by atoms with E-state index in [2.05, 4.69) is 33.9 Å². The van der Waals surface area contributed by atoms with Crippen molar-refractivity contribution in [2.75, 3.05) is 0 Å². The van der Waals surface area contributed by atoms with Crippen molar-refractivity contribution in [3.63, 3.8) is 0 Å². The van der Waals surface area contributed by atoms with Crippen LogP contribution in [0.4, 0.5) is 0 Å². The Morgan fingerprint density at radius 3 is 1.95 bits per heavy atom. The third-order valence-corrected chi connectivity index (χ3v) is 4.57. The second-order valence-electron chi connectivity index (χ2n) is 5.72. The normalized spacial score (nSPS) is 10.9. The summed E-state index contributed by atoms with van der Waals surface area (Å²) in [5.74, 6) is 0. The zero-order chi connectivity index (χ0) is 14.5. The van der Waals surface area contributed by atoms with Gasteiger partial charge in [-0.1, -0.05) is 71.1 Å². The number of unbranched alkanes of at least 4 members (excludes halogenated alkanes) is 10. The Hall–Kier alpha value is -0.370. The molecule has 0 N–H and O–H groups in total. The van der Waals surface area contributed by atoms with E-state index in [-0.39, 0.29) is 0 Å². The van der Waals surface area contributed by atoms with Gasteiger partial charge in [0.1, 0.15) is 0 Å². The third-order valence-electron chi connectivity index (χ3n) is 3.85. The van der Waals surface area contributed by atoms with E-state index in [1.165, 1.54) is 76.3 Å². The molecule has 1 aromatic heterocycles. The fourth-order valence-corrected chi connectivity index (χ4v) is 3.01. The molecule has 0 amide bonds. The lowest BCUT2D eigenvalue weighted by Gasteiger charge is -2.04. The van der Waals surface area contributed by atoms with Gasteiger partial charge in [-0.15, -0.1) is 0 Å². The minimum atomic E-state index is 1.11. The molecule has 1 rings (SSSR count). The van der Waals surface area contributed by atoms with Gasteiger partial charge in [-0.05, 0) is 40.9 Å². The SMILES string of the molecule is CCCCCCCCCCCCCc1ncccc1Br. The molecule has 0 aliphatic heterocycles. The van der Waals surface area contributed by atoms with E-state index < -0.39 is 0 Å². The van der Waals surface area contributed by atoms with Gasteiger partial charge >= 0.3 is 0 Å². The quantitative estimate of drug-likeness (QED) is 0.386. The molecule has 0 radical (unpaired) electrons. The summed E-state index contributed by atoms with van der Waals surface area (Å²) in [7, 11) is 0. The van der Waals surface area contributed by atoms with Crippen LogP contribution in [0.5, 0.6) is 0 Å². The van der Waals surface area contributed by atoms with Crippen LogP contribution >= 0.6 is 15.9 Å². The second-order valence-corrected chi connectivity index (χ2v) is 6.57. The van der Waals surface area contributed by atoms with Crippen LogP contribution in [0.25, 0.3) is 0 Å². The molecule has 0 saturated heterocycles. The number of hydrogen-bond donors (Lipinski definition) is 0. The average Bonchev–Trinajstić information content (AvgIpc) is 2.46. The predicted molar refractivity (Wildman–Crippen MR) is 92.1 cm³/mol. The van der Waals surface area contributed by atoms with Crippen molar-refractivity contribution in [1.82, 2.24) is 4.98 Å². The van der Waals surface area contributed by atoms with Gasteiger partial charge in [-0.25, -0.2) is 0 Å². The summed E-state index contributed by atoms with van der Waals surface area (Å²) in [5.41, 5.74) is 1.21. The second kappa shape index (κ2) is 12.4. The van der Waals surface area contributed by atoms with E-state index in [4.69, 9.17) is 0 Å². The maximum absolute atomic E-state index is 4.41. The first-order valence-corrected chi connectivity index (χ1v) is 9.23. The van der Waals surface area contributed by atoms with Crippen molar-refractivity contribution in [3.05, 3.63) is 28.5 Å². The van der Waals surface area contributed by atoms with E-state index in [0.29, 0.717) is 0 Å². The van der Waals surface area contributed by atoms with Crippen LogP contribution in [-0.2, 0) is 6.42 Å². The zero-order valence-corrected chi connectivity index (χ0v) is 14.6. The predicted octanol–water partition coefficient (Wildman–Crippen LogP) is 6.70. The van der Waals surface area contributed by atoms with Crippen molar-refractivity contribution in [2.24, 2.45) is 0 Å². The number of aromatic nitrogens is 1. The van der Waals surface area contributed by atoms with E-state index in [0.717, 1.165) is 10.9 Å². The van der Waals surface area contributed by atoms with E-state index in [1.807, 2.05) is 12.3 Å². The molecule has 0 spiro atoms. The molecule has 0 bridgehead atoms.